The molecular weight excluding hydrogens is 264 g/mol. The minimum absolute atomic E-state index is 0.0180. The summed E-state index contributed by atoms with van der Waals surface area (Å²) in [6.45, 7) is 2.94. The molecule has 0 aliphatic heterocycles. The van der Waals surface area contributed by atoms with Crippen LogP contribution < -0.4 is 10.2 Å². The fourth-order valence-corrected chi connectivity index (χ4v) is 2.50. The van der Waals surface area contributed by atoms with Crippen LogP contribution in [-0.2, 0) is 17.9 Å². The van der Waals surface area contributed by atoms with Crippen molar-refractivity contribution in [2.24, 2.45) is 0 Å². The number of imidazole rings is 1. The number of carbonyl (C=O) groups is 1. The summed E-state index contributed by atoms with van der Waals surface area (Å²) in [5.74, 6) is -0.0180. The molecule has 0 atom stereocenters. The summed E-state index contributed by atoms with van der Waals surface area (Å²) in [5.41, 5.74) is 1.83. The highest BCUT2D eigenvalue weighted by atomic mass is 32.1. The lowest BCUT2D eigenvalue weighted by Gasteiger charge is -2.05. The number of aromatic amines is 1. The van der Waals surface area contributed by atoms with Crippen molar-refractivity contribution in [3.63, 3.8) is 0 Å². The summed E-state index contributed by atoms with van der Waals surface area (Å²) in [6.07, 6.45) is 4.32. The van der Waals surface area contributed by atoms with E-state index in [1.54, 1.807) is 17.1 Å². The summed E-state index contributed by atoms with van der Waals surface area (Å²) < 4.78 is 1.70. The zero-order valence-electron chi connectivity index (χ0n) is 10.7. The standard InChI is InChI=1S/C12H16N4O2S/c1-9-7-19-12(18)16(9)4-2-3-11(17)14-6-10-5-13-8-15-10/h5,7-8H,2-4,6H2,1H3,(H,13,15)(H,14,17). The minimum Gasteiger partial charge on any atom is -0.350 e. The zero-order valence-corrected chi connectivity index (χ0v) is 11.5. The van der Waals surface area contributed by atoms with Crippen molar-refractivity contribution < 1.29 is 4.79 Å². The van der Waals surface area contributed by atoms with E-state index in [-0.39, 0.29) is 10.8 Å². The Morgan fingerprint density at radius 3 is 3.05 bits per heavy atom. The van der Waals surface area contributed by atoms with Gasteiger partial charge in [0.15, 0.2) is 0 Å². The third-order valence-electron chi connectivity index (χ3n) is 2.79. The summed E-state index contributed by atoms with van der Waals surface area (Å²) in [6, 6.07) is 0. The van der Waals surface area contributed by atoms with E-state index in [2.05, 4.69) is 15.3 Å². The molecule has 2 aromatic heterocycles. The van der Waals surface area contributed by atoms with Crippen LogP contribution in [0.4, 0.5) is 0 Å². The second kappa shape index (κ2) is 6.33. The quantitative estimate of drug-likeness (QED) is 0.829. The van der Waals surface area contributed by atoms with Gasteiger partial charge in [-0.05, 0) is 13.3 Å². The van der Waals surface area contributed by atoms with Crippen molar-refractivity contribution in [2.75, 3.05) is 0 Å². The fraction of sp³-hybridized carbons (Fsp3) is 0.417. The third kappa shape index (κ3) is 3.78. The monoisotopic (exact) mass is 280 g/mol. The number of hydrogen-bond acceptors (Lipinski definition) is 4. The Bertz CT molecular complexity index is 585. The number of amides is 1. The molecule has 0 radical (unpaired) electrons. The number of hydrogen-bond donors (Lipinski definition) is 2. The van der Waals surface area contributed by atoms with Crippen molar-refractivity contribution in [3.8, 4) is 0 Å². The average molecular weight is 280 g/mol. The first-order chi connectivity index (χ1) is 9.16. The molecule has 2 aromatic rings. The van der Waals surface area contributed by atoms with Crippen LogP contribution in [0.25, 0.3) is 0 Å². The number of aryl methyl sites for hydroxylation is 1. The number of thiazole rings is 1. The lowest BCUT2D eigenvalue weighted by atomic mass is 10.3. The lowest BCUT2D eigenvalue weighted by molar-refractivity contribution is -0.121. The topological polar surface area (TPSA) is 79.8 Å². The van der Waals surface area contributed by atoms with Crippen LogP contribution in [0.15, 0.2) is 22.7 Å². The highest BCUT2D eigenvalue weighted by Crippen LogP contribution is 2.02. The van der Waals surface area contributed by atoms with Crippen molar-refractivity contribution >= 4 is 17.2 Å². The molecule has 0 spiro atoms. The number of rotatable bonds is 6. The molecule has 0 aliphatic carbocycles. The van der Waals surface area contributed by atoms with Gasteiger partial charge >= 0.3 is 4.87 Å². The first-order valence-corrected chi connectivity index (χ1v) is 6.93. The maximum Gasteiger partial charge on any atom is 0.307 e. The van der Waals surface area contributed by atoms with Crippen LogP contribution in [-0.4, -0.2) is 20.4 Å². The fourth-order valence-electron chi connectivity index (χ4n) is 1.74. The second-order valence-corrected chi connectivity index (χ2v) is 5.07. The van der Waals surface area contributed by atoms with Gasteiger partial charge in [-0.25, -0.2) is 4.98 Å². The van der Waals surface area contributed by atoms with Crippen LogP contribution in [0, 0.1) is 6.92 Å². The van der Waals surface area contributed by atoms with Gasteiger partial charge in [-0.2, -0.15) is 0 Å². The molecule has 2 heterocycles. The van der Waals surface area contributed by atoms with Crippen molar-refractivity contribution in [1.29, 1.82) is 0 Å². The van der Waals surface area contributed by atoms with Gasteiger partial charge in [0.25, 0.3) is 0 Å². The van der Waals surface area contributed by atoms with E-state index in [0.29, 0.717) is 25.9 Å². The van der Waals surface area contributed by atoms with Gasteiger partial charge in [-0.3, -0.25) is 9.59 Å². The van der Waals surface area contributed by atoms with Crippen LogP contribution >= 0.6 is 11.3 Å². The largest absolute Gasteiger partial charge is 0.350 e. The van der Waals surface area contributed by atoms with Crippen molar-refractivity contribution in [1.82, 2.24) is 19.9 Å². The van der Waals surface area contributed by atoms with Crippen LogP contribution in [0.2, 0.25) is 0 Å². The molecule has 0 bridgehead atoms. The molecule has 0 aromatic carbocycles. The Morgan fingerprint density at radius 1 is 1.58 bits per heavy atom. The zero-order chi connectivity index (χ0) is 13.7. The molecule has 102 valence electrons. The molecule has 2 N–H and O–H groups in total. The molecule has 0 unspecified atom stereocenters. The van der Waals surface area contributed by atoms with E-state index >= 15 is 0 Å². The number of carbonyl (C=O) groups excluding carboxylic acids is 1. The maximum atomic E-state index is 11.6. The third-order valence-corrected chi connectivity index (χ3v) is 3.67. The van der Waals surface area contributed by atoms with E-state index in [9.17, 15) is 9.59 Å². The summed E-state index contributed by atoms with van der Waals surface area (Å²) in [7, 11) is 0. The van der Waals surface area contributed by atoms with Crippen molar-refractivity contribution in [2.45, 2.75) is 32.9 Å². The molecule has 0 fully saturated rings. The molecule has 0 saturated heterocycles. The van der Waals surface area contributed by atoms with Crippen molar-refractivity contribution in [3.05, 3.63) is 39.0 Å². The Labute approximate surface area is 114 Å². The van der Waals surface area contributed by atoms with E-state index < -0.39 is 0 Å². The smallest absolute Gasteiger partial charge is 0.307 e. The molecule has 19 heavy (non-hydrogen) atoms. The molecule has 6 nitrogen and oxygen atoms in total. The SMILES string of the molecule is Cc1csc(=O)n1CCCC(=O)NCc1cnc[nH]1. The van der Waals surface area contributed by atoms with E-state index in [1.807, 2.05) is 12.3 Å². The van der Waals surface area contributed by atoms with Gasteiger partial charge in [0.2, 0.25) is 5.91 Å². The molecule has 1 amide bonds. The van der Waals surface area contributed by atoms with Gasteiger partial charge in [0.1, 0.15) is 0 Å². The summed E-state index contributed by atoms with van der Waals surface area (Å²) in [4.78, 5) is 29.9. The predicted octanol–water partition coefficient (Wildman–Crippen LogP) is 1.04. The van der Waals surface area contributed by atoms with E-state index in [1.165, 1.54) is 11.3 Å². The number of H-pyrrole nitrogens is 1. The number of aromatic nitrogens is 3. The van der Waals surface area contributed by atoms with Gasteiger partial charge in [-0.15, -0.1) is 0 Å². The maximum absolute atomic E-state index is 11.6. The van der Waals surface area contributed by atoms with Gasteiger partial charge in [-0.1, -0.05) is 11.3 Å². The molecule has 2 rings (SSSR count). The molecule has 0 saturated carbocycles. The average Bonchev–Trinajstić information content (AvgIpc) is 3.00. The van der Waals surface area contributed by atoms with Crippen LogP contribution in [0.1, 0.15) is 24.2 Å². The highest BCUT2D eigenvalue weighted by molar-refractivity contribution is 7.07. The minimum atomic E-state index is -0.0180. The highest BCUT2D eigenvalue weighted by Gasteiger charge is 2.05. The predicted molar refractivity (Wildman–Crippen MR) is 73.0 cm³/mol. The Kier molecular flexibility index (Phi) is 4.51. The Balaban J connectivity index is 1.71. The summed E-state index contributed by atoms with van der Waals surface area (Å²) >= 11 is 1.19. The summed E-state index contributed by atoms with van der Waals surface area (Å²) in [5, 5.41) is 4.63. The first kappa shape index (κ1) is 13.5. The number of nitrogens with one attached hydrogen (secondary N) is 2. The second-order valence-electron chi connectivity index (χ2n) is 4.25. The van der Waals surface area contributed by atoms with Gasteiger partial charge in [0, 0.05) is 30.2 Å². The van der Waals surface area contributed by atoms with Crippen LogP contribution in [0.5, 0.6) is 0 Å². The number of nitrogens with zero attached hydrogens (tertiary/aromatic N) is 2. The first-order valence-electron chi connectivity index (χ1n) is 6.05. The molecular formula is C12H16N4O2S. The Morgan fingerprint density at radius 2 is 2.42 bits per heavy atom. The van der Waals surface area contributed by atoms with E-state index in [4.69, 9.17) is 0 Å². The normalized spacial score (nSPS) is 10.6. The van der Waals surface area contributed by atoms with Crippen LogP contribution in [0.3, 0.4) is 0 Å². The molecule has 0 aliphatic rings. The lowest BCUT2D eigenvalue weighted by Crippen LogP contribution is -2.23. The Hall–Kier alpha value is -1.89. The molecule has 7 heteroatoms. The van der Waals surface area contributed by atoms with Gasteiger partial charge in [0.05, 0.1) is 18.6 Å². The van der Waals surface area contributed by atoms with E-state index in [0.717, 1.165) is 11.4 Å². The van der Waals surface area contributed by atoms with Gasteiger partial charge < -0.3 is 14.9 Å².